The lowest BCUT2D eigenvalue weighted by Gasteiger charge is -2.25. The van der Waals surface area contributed by atoms with Crippen LogP contribution in [0, 0.1) is 0 Å². The number of nitrogen functional groups attached to an aromatic ring is 1. The highest BCUT2D eigenvalue weighted by atomic mass is 35.5. The van der Waals surface area contributed by atoms with Crippen LogP contribution >= 0.6 is 11.6 Å². The number of rotatable bonds is 8. The van der Waals surface area contributed by atoms with Crippen LogP contribution in [-0.2, 0) is 18.9 Å². The summed E-state index contributed by atoms with van der Waals surface area (Å²) in [5.41, 5.74) is 7.81. The topological polar surface area (TPSA) is 132 Å². The normalized spacial score (nSPS) is 19.4. The molecule has 3 aromatic carbocycles. The third kappa shape index (κ3) is 5.85. The number of esters is 3. The Balaban J connectivity index is 1.39. The minimum Gasteiger partial charge on any atom is -0.459 e. The van der Waals surface area contributed by atoms with E-state index in [9.17, 15) is 14.4 Å². The van der Waals surface area contributed by atoms with Crippen molar-refractivity contribution in [1.29, 1.82) is 0 Å². The standard InChI is InChI=1S/C33H26ClN3O7/c34-23-18-37(29-26(23)24(35)16-17-36-29)30-28(44-33(40)22-14-8-3-9-15-22)27(43-32(39)21-12-6-2-7-13-21)25(42-30)19-41-31(38)20-10-4-1-5-11-20/h1-18,25,27-28,30H,19H2,(H2,35,36)/t25-,27-,28-,30-/m1/s1. The van der Waals surface area contributed by atoms with Gasteiger partial charge in [0.25, 0.3) is 0 Å². The van der Waals surface area contributed by atoms with E-state index in [1.165, 1.54) is 6.20 Å². The zero-order chi connectivity index (χ0) is 30.6. The number of carbonyl (C=O) groups is 3. The molecule has 6 rings (SSSR count). The number of aromatic nitrogens is 2. The summed E-state index contributed by atoms with van der Waals surface area (Å²) < 4.78 is 25.5. The van der Waals surface area contributed by atoms with E-state index in [1.54, 1.807) is 108 Å². The molecule has 3 heterocycles. The van der Waals surface area contributed by atoms with Crippen LogP contribution in [0.3, 0.4) is 0 Å². The number of nitrogens with zero attached hydrogens (tertiary/aromatic N) is 2. The van der Waals surface area contributed by atoms with Gasteiger partial charge in [-0.2, -0.15) is 0 Å². The minimum absolute atomic E-state index is 0.271. The number of hydrogen-bond donors (Lipinski definition) is 1. The molecule has 1 aliphatic rings. The Bertz CT molecular complexity index is 1800. The smallest absolute Gasteiger partial charge is 0.338 e. The number of pyridine rings is 1. The molecule has 2 aromatic heterocycles. The van der Waals surface area contributed by atoms with Crippen molar-refractivity contribution in [2.45, 2.75) is 24.5 Å². The quantitative estimate of drug-likeness (QED) is 0.179. The molecule has 11 heteroatoms. The van der Waals surface area contributed by atoms with Gasteiger partial charge in [-0.1, -0.05) is 66.2 Å². The van der Waals surface area contributed by atoms with Gasteiger partial charge in [0.05, 0.1) is 27.1 Å². The average molecular weight is 612 g/mol. The van der Waals surface area contributed by atoms with Crippen molar-refractivity contribution in [3.63, 3.8) is 0 Å². The van der Waals surface area contributed by atoms with Gasteiger partial charge in [0.2, 0.25) is 0 Å². The van der Waals surface area contributed by atoms with Crippen molar-refractivity contribution < 1.29 is 33.3 Å². The molecule has 1 saturated heterocycles. The number of halogens is 1. The molecule has 4 atom stereocenters. The summed E-state index contributed by atoms with van der Waals surface area (Å²) in [6.45, 7) is -0.321. The van der Waals surface area contributed by atoms with Crippen LogP contribution in [0.4, 0.5) is 5.69 Å². The van der Waals surface area contributed by atoms with Gasteiger partial charge < -0.3 is 29.2 Å². The number of ether oxygens (including phenoxy) is 4. The highest BCUT2D eigenvalue weighted by Gasteiger charge is 2.51. The molecule has 0 unspecified atom stereocenters. The number of benzene rings is 3. The van der Waals surface area contributed by atoms with Crippen molar-refractivity contribution in [3.05, 3.63) is 131 Å². The molecule has 1 aliphatic heterocycles. The number of anilines is 1. The molecule has 1 fully saturated rings. The monoisotopic (exact) mass is 611 g/mol. The summed E-state index contributed by atoms with van der Waals surface area (Å²) in [5.74, 6) is -1.97. The largest absolute Gasteiger partial charge is 0.459 e. The Morgan fingerprint density at radius 1 is 0.773 bits per heavy atom. The maximum atomic E-state index is 13.4. The molecule has 222 valence electrons. The molecular formula is C33H26ClN3O7. The first-order valence-electron chi connectivity index (χ1n) is 13.7. The third-order valence-corrected chi connectivity index (χ3v) is 7.44. The van der Waals surface area contributed by atoms with Crippen molar-refractivity contribution >= 4 is 46.2 Å². The van der Waals surface area contributed by atoms with Crippen LogP contribution in [0.1, 0.15) is 37.3 Å². The SMILES string of the molecule is Nc1ccnc2c1c(Cl)cn2[C@@H]1O[C@H](COC(=O)c2ccccc2)[C@@H](OC(=O)c2ccccc2)[C@H]1OC(=O)c1ccccc1. The molecule has 10 nitrogen and oxygen atoms in total. The van der Waals surface area contributed by atoms with Gasteiger partial charge in [-0.15, -0.1) is 0 Å². The molecule has 44 heavy (non-hydrogen) atoms. The second kappa shape index (κ2) is 12.6. The average Bonchev–Trinajstić information content (AvgIpc) is 3.57. The molecular weight excluding hydrogens is 586 g/mol. The molecule has 0 radical (unpaired) electrons. The van der Waals surface area contributed by atoms with Crippen molar-refractivity contribution in [2.75, 3.05) is 12.3 Å². The van der Waals surface area contributed by atoms with Crippen molar-refractivity contribution in [2.24, 2.45) is 0 Å². The van der Waals surface area contributed by atoms with Gasteiger partial charge in [0, 0.05) is 18.1 Å². The van der Waals surface area contributed by atoms with Gasteiger partial charge in [0.1, 0.15) is 18.4 Å². The van der Waals surface area contributed by atoms with Crippen LogP contribution in [0.2, 0.25) is 5.02 Å². The van der Waals surface area contributed by atoms with E-state index in [2.05, 4.69) is 4.98 Å². The number of nitrogens with two attached hydrogens (primary N) is 1. The Morgan fingerprint density at radius 2 is 1.30 bits per heavy atom. The van der Waals surface area contributed by atoms with Gasteiger partial charge in [0.15, 0.2) is 18.4 Å². The van der Waals surface area contributed by atoms with Crippen molar-refractivity contribution in [3.8, 4) is 0 Å². The maximum absolute atomic E-state index is 13.4. The fourth-order valence-electron chi connectivity index (χ4n) is 5.03. The Kier molecular flexibility index (Phi) is 8.27. The first-order valence-corrected chi connectivity index (χ1v) is 14.1. The zero-order valence-corrected chi connectivity index (χ0v) is 23.9. The minimum atomic E-state index is -1.22. The lowest BCUT2D eigenvalue weighted by Crippen LogP contribution is -2.41. The second-order valence-corrected chi connectivity index (χ2v) is 10.4. The zero-order valence-electron chi connectivity index (χ0n) is 23.1. The maximum Gasteiger partial charge on any atom is 0.338 e. The van der Waals surface area contributed by atoms with Crippen LogP contribution in [-0.4, -0.2) is 52.4 Å². The lowest BCUT2D eigenvalue weighted by atomic mass is 10.1. The fraction of sp³-hybridized carbons (Fsp3) is 0.152. The molecule has 0 saturated carbocycles. The van der Waals surface area contributed by atoms with E-state index in [1.807, 2.05) is 0 Å². The number of hydrogen-bond acceptors (Lipinski definition) is 9. The molecule has 0 bridgehead atoms. The summed E-state index contributed by atoms with van der Waals surface area (Å²) in [4.78, 5) is 44.0. The van der Waals surface area contributed by atoms with Gasteiger partial charge in [-0.05, 0) is 42.5 Å². The highest BCUT2D eigenvalue weighted by Crippen LogP contribution is 2.40. The summed E-state index contributed by atoms with van der Waals surface area (Å²) >= 11 is 6.56. The van der Waals surface area contributed by atoms with Crippen LogP contribution in [0.25, 0.3) is 11.0 Å². The predicted molar refractivity (Wildman–Crippen MR) is 161 cm³/mol. The fourth-order valence-corrected chi connectivity index (χ4v) is 5.33. The summed E-state index contributed by atoms with van der Waals surface area (Å²) in [7, 11) is 0. The molecule has 5 aromatic rings. The van der Waals surface area contributed by atoms with Crippen LogP contribution < -0.4 is 5.73 Å². The lowest BCUT2D eigenvalue weighted by molar-refractivity contribution is -0.0604. The summed E-state index contributed by atoms with van der Waals surface area (Å²) in [6.07, 6.45) is -1.51. The van der Waals surface area contributed by atoms with Crippen molar-refractivity contribution in [1.82, 2.24) is 9.55 Å². The predicted octanol–water partition coefficient (Wildman–Crippen LogP) is 5.48. The van der Waals surface area contributed by atoms with E-state index in [0.29, 0.717) is 27.3 Å². The number of carbonyl (C=O) groups excluding carboxylic acids is 3. The van der Waals surface area contributed by atoms with Crippen LogP contribution in [0.15, 0.2) is 109 Å². The molecule has 0 spiro atoms. The molecule has 2 N–H and O–H groups in total. The van der Waals surface area contributed by atoms with Gasteiger partial charge >= 0.3 is 17.9 Å². The van der Waals surface area contributed by atoms with Crippen LogP contribution in [0.5, 0.6) is 0 Å². The molecule has 0 amide bonds. The summed E-state index contributed by atoms with van der Waals surface area (Å²) in [5, 5.41) is 0.766. The first-order chi connectivity index (χ1) is 21.4. The van der Waals surface area contributed by atoms with E-state index < -0.39 is 42.4 Å². The van der Waals surface area contributed by atoms with Gasteiger partial charge in [-0.25, -0.2) is 19.4 Å². The van der Waals surface area contributed by atoms with E-state index >= 15 is 0 Å². The Hall–Kier alpha value is -5.19. The molecule has 0 aliphatic carbocycles. The Labute approximate surface area is 256 Å². The van der Waals surface area contributed by atoms with E-state index in [4.69, 9.17) is 36.3 Å². The van der Waals surface area contributed by atoms with E-state index in [0.717, 1.165) is 0 Å². The third-order valence-electron chi connectivity index (χ3n) is 7.15. The van der Waals surface area contributed by atoms with E-state index in [-0.39, 0.29) is 17.7 Å². The highest BCUT2D eigenvalue weighted by molar-refractivity contribution is 6.36. The summed E-state index contributed by atoms with van der Waals surface area (Å²) in [6, 6.07) is 26.7. The van der Waals surface area contributed by atoms with Gasteiger partial charge in [-0.3, -0.25) is 0 Å². The first kappa shape index (κ1) is 28.9. The Morgan fingerprint density at radius 3 is 1.86 bits per heavy atom. The second-order valence-electron chi connectivity index (χ2n) is 9.98. The number of fused-ring (bicyclic) bond motifs is 1.